The molecule has 5 nitrogen and oxygen atoms in total. The van der Waals surface area contributed by atoms with Gasteiger partial charge in [0.15, 0.2) is 5.82 Å². The van der Waals surface area contributed by atoms with Crippen molar-refractivity contribution in [2.45, 2.75) is 0 Å². The zero-order valence-corrected chi connectivity index (χ0v) is 24.8. The molecule has 0 saturated heterocycles. The molecule has 0 aliphatic carbocycles. The van der Waals surface area contributed by atoms with Gasteiger partial charge in [-0.25, -0.2) is 15.0 Å². The maximum Gasteiger partial charge on any atom is 0.160 e. The van der Waals surface area contributed by atoms with Gasteiger partial charge in [-0.1, -0.05) is 109 Å². The summed E-state index contributed by atoms with van der Waals surface area (Å²) in [5.74, 6) is 0.672. The van der Waals surface area contributed by atoms with Gasteiger partial charge in [0.2, 0.25) is 0 Å². The molecule has 0 saturated carbocycles. The molecule has 0 aliphatic heterocycles. The Kier molecular flexibility index (Phi) is 7.09. The van der Waals surface area contributed by atoms with Crippen molar-refractivity contribution in [3.8, 4) is 67.8 Å². The molecule has 0 spiro atoms. The van der Waals surface area contributed by atoms with E-state index in [1.165, 1.54) is 10.8 Å². The van der Waals surface area contributed by atoms with E-state index < -0.39 is 0 Å². The summed E-state index contributed by atoms with van der Waals surface area (Å²) in [6.07, 6.45) is 3.66. The maximum atomic E-state index is 5.04. The molecule has 8 aromatic rings. The van der Waals surface area contributed by atoms with E-state index in [0.717, 1.165) is 62.0 Å². The van der Waals surface area contributed by atoms with Crippen LogP contribution in [0.25, 0.3) is 78.6 Å². The van der Waals surface area contributed by atoms with Gasteiger partial charge in [0.1, 0.15) is 0 Å². The normalized spacial score (nSPS) is 11.0. The first-order valence-electron chi connectivity index (χ1n) is 15.2. The molecule has 5 heteroatoms. The minimum absolute atomic E-state index is 0.672. The first kappa shape index (κ1) is 27.2. The molecule has 0 N–H and O–H groups in total. The lowest BCUT2D eigenvalue weighted by Gasteiger charge is -2.12. The summed E-state index contributed by atoms with van der Waals surface area (Å²) in [6, 6.07) is 51.3. The van der Waals surface area contributed by atoms with E-state index >= 15 is 0 Å². The van der Waals surface area contributed by atoms with Gasteiger partial charge in [0, 0.05) is 29.1 Å². The van der Waals surface area contributed by atoms with Gasteiger partial charge in [-0.05, 0) is 64.4 Å². The van der Waals surface area contributed by atoms with E-state index in [1.54, 1.807) is 6.20 Å². The number of hydrogen-bond donors (Lipinski definition) is 0. The molecule has 0 fully saturated rings. The molecule has 4 heterocycles. The van der Waals surface area contributed by atoms with Gasteiger partial charge in [-0.15, -0.1) is 0 Å². The van der Waals surface area contributed by atoms with Crippen LogP contribution in [0, 0.1) is 0 Å². The van der Waals surface area contributed by atoms with E-state index in [0.29, 0.717) is 5.82 Å². The van der Waals surface area contributed by atoms with Gasteiger partial charge in [0.25, 0.3) is 0 Å². The second-order valence-electron chi connectivity index (χ2n) is 11.0. The van der Waals surface area contributed by atoms with Crippen molar-refractivity contribution in [2.24, 2.45) is 0 Å². The van der Waals surface area contributed by atoms with E-state index in [4.69, 9.17) is 19.9 Å². The van der Waals surface area contributed by atoms with E-state index in [-0.39, 0.29) is 0 Å². The van der Waals surface area contributed by atoms with Crippen LogP contribution in [0.1, 0.15) is 0 Å². The van der Waals surface area contributed by atoms with Crippen LogP contribution in [0.3, 0.4) is 0 Å². The van der Waals surface area contributed by atoms with Gasteiger partial charge >= 0.3 is 0 Å². The van der Waals surface area contributed by atoms with Gasteiger partial charge < -0.3 is 0 Å². The highest BCUT2D eigenvalue weighted by Crippen LogP contribution is 2.34. The van der Waals surface area contributed by atoms with Crippen molar-refractivity contribution in [1.29, 1.82) is 0 Å². The van der Waals surface area contributed by atoms with Crippen molar-refractivity contribution < 1.29 is 0 Å². The highest BCUT2D eigenvalue weighted by atomic mass is 14.9. The van der Waals surface area contributed by atoms with Crippen LogP contribution in [-0.2, 0) is 0 Å². The number of hydrogen-bond acceptors (Lipinski definition) is 5. The predicted octanol–water partition coefficient (Wildman–Crippen LogP) is 9.82. The lowest BCUT2D eigenvalue weighted by molar-refractivity contribution is 1.17. The molecule has 4 aromatic carbocycles. The second kappa shape index (κ2) is 12.0. The SMILES string of the molecule is c1ccc(-c2cc(-c3ccc(-c4cc(-c5cccc6ccccc56)cc(-c5ccccn5)n4)nc3)nc(-c3ccccc3)n2)cc1. The summed E-state index contributed by atoms with van der Waals surface area (Å²) in [5.41, 5.74) is 9.90. The minimum atomic E-state index is 0.672. The smallest absolute Gasteiger partial charge is 0.160 e. The van der Waals surface area contributed by atoms with Gasteiger partial charge in [-0.2, -0.15) is 0 Å². The molecule has 0 amide bonds. The Morgan fingerprint density at radius 2 is 1.00 bits per heavy atom. The summed E-state index contributed by atoms with van der Waals surface area (Å²) < 4.78 is 0. The Bertz CT molecular complexity index is 2220. The fraction of sp³-hybridized carbons (Fsp3) is 0. The Labute approximate surface area is 267 Å². The standard InChI is InChI=1S/C41H27N5/c1-3-13-29(14-4-1)37-26-38(46-41(45-37)30-15-5-2-6-16-30)31-21-22-36(43-27-31)40-25-32(24-39(44-40)35-20-9-10-23-42-35)34-19-11-17-28-12-7-8-18-33(28)34/h1-27H. The third-order valence-corrected chi connectivity index (χ3v) is 8.00. The van der Waals surface area contributed by atoms with Crippen LogP contribution < -0.4 is 0 Å². The number of fused-ring (bicyclic) bond motifs is 1. The van der Waals surface area contributed by atoms with Gasteiger partial charge in [0.05, 0.1) is 34.2 Å². The van der Waals surface area contributed by atoms with Crippen LogP contribution >= 0.6 is 0 Å². The van der Waals surface area contributed by atoms with E-state index in [9.17, 15) is 0 Å². The van der Waals surface area contributed by atoms with E-state index in [2.05, 4.69) is 77.8 Å². The summed E-state index contributed by atoms with van der Waals surface area (Å²) in [7, 11) is 0. The van der Waals surface area contributed by atoms with Crippen molar-refractivity contribution in [3.63, 3.8) is 0 Å². The van der Waals surface area contributed by atoms with Crippen LogP contribution in [0.4, 0.5) is 0 Å². The van der Waals surface area contributed by atoms with Crippen molar-refractivity contribution in [2.75, 3.05) is 0 Å². The molecule has 8 rings (SSSR count). The molecule has 46 heavy (non-hydrogen) atoms. The molecule has 0 bridgehead atoms. The Hall–Kier alpha value is -6.33. The third kappa shape index (κ3) is 5.42. The second-order valence-corrected chi connectivity index (χ2v) is 11.0. The molecule has 4 aromatic heterocycles. The summed E-state index contributed by atoms with van der Waals surface area (Å²) in [5, 5.41) is 2.37. The highest BCUT2D eigenvalue weighted by Gasteiger charge is 2.14. The molecular formula is C41H27N5. The first-order chi connectivity index (χ1) is 22.8. The lowest BCUT2D eigenvalue weighted by atomic mass is 9.97. The maximum absolute atomic E-state index is 5.04. The van der Waals surface area contributed by atoms with Crippen molar-refractivity contribution in [1.82, 2.24) is 24.9 Å². The molecule has 0 unspecified atom stereocenters. The third-order valence-electron chi connectivity index (χ3n) is 8.00. The number of rotatable bonds is 6. The molecule has 0 atom stereocenters. The lowest BCUT2D eigenvalue weighted by Crippen LogP contribution is -1.97. The Morgan fingerprint density at radius 3 is 1.72 bits per heavy atom. The van der Waals surface area contributed by atoms with Crippen molar-refractivity contribution >= 4 is 10.8 Å². The van der Waals surface area contributed by atoms with Crippen LogP contribution in [0.5, 0.6) is 0 Å². The zero-order chi connectivity index (χ0) is 30.7. The largest absolute Gasteiger partial charge is 0.255 e. The Morgan fingerprint density at radius 1 is 0.348 bits per heavy atom. The molecule has 0 radical (unpaired) electrons. The first-order valence-corrected chi connectivity index (χ1v) is 15.2. The Balaban J connectivity index is 1.23. The van der Waals surface area contributed by atoms with E-state index in [1.807, 2.05) is 85.1 Å². The van der Waals surface area contributed by atoms with Crippen LogP contribution in [0.15, 0.2) is 164 Å². The predicted molar refractivity (Wildman–Crippen MR) is 186 cm³/mol. The molecule has 216 valence electrons. The van der Waals surface area contributed by atoms with Gasteiger partial charge in [-0.3, -0.25) is 9.97 Å². The number of nitrogens with zero attached hydrogens (tertiary/aromatic N) is 5. The zero-order valence-electron chi connectivity index (χ0n) is 24.8. The summed E-state index contributed by atoms with van der Waals surface area (Å²) in [6.45, 7) is 0. The topological polar surface area (TPSA) is 64.5 Å². The fourth-order valence-corrected chi connectivity index (χ4v) is 5.71. The van der Waals surface area contributed by atoms with Crippen molar-refractivity contribution in [3.05, 3.63) is 164 Å². The van der Waals surface area contributed by atoms with Crippen LogP contribution in [-0.4, -0.2) is 24.9 Å². The fourth-order valence-electron chi connectivity index (χ4n) is 5.71. The molecule has 0 aliphatic rings. The monoisotopic (exact) mass is 589 g/mol. The number of aromatic nitrogens is 5. The average molecular weight is 590 g/mol. The quantitative estimate of drug-likeness (QED) is 0.193. The highest BCUT2D eigenvalue weighted by molar-refractivity contribution is 5.97. The molecular weight excluding hydrogens is 562 g/mol. The number of pyridine rings is 3. The summed E-state index contributed by atoms with van der Waals surface area (Å²) in [4.78, 5) is 24.4. The van der Waals surface area contributed by atoms with Crippen LogP contribution in [0.2, 0.25) is 0 Å². The number of benzene rings is 4. The minimum Gasteiger partial charge on any atom is -0.255 e. The summed E-state index contributed by atoms with van der Waals surface area (Å²) >= 11 is 0. The average Bonchev–Trinajstić information content (AvgIpc) is 3.15.